The zero-order chi connectivity index (χ0) is 9.84. The van der Waals surface area contributed by atoms with Gasteiger partial charge < -0.3 is 0 Å². The van der Waals surface area contributed by atoms with E-state index in [-0.39, 0.29) is 0 Å². The summed E-state index contributed by atoms with van der Waals surface area (Å²) in [5, 5.41) is 10.7. The fourth-order valence-corrected chi connectivity index (χ4v) is 1.66. The minimum Gasteiger partial charge on any atom is -0.185 e. The fourth-order valence-electron chi connectivity index (χ4n) is 1.13. The molecule has 0 radical (unpaired) electrons. The molecule has 2 heteroatoms. The molecular formula is C11H13NS. The van der Waals surface area contributed by atoms with Crippen molar-refractivity contribution >= 4 is 11.8 Å². The van der Waals surface area contributed by atoms with Gasteiger partial charge in [-0.2, -0.15) is 5.26 Å². The van der Waals surface area contributed by atoms with Crippen LogP contribution in [0, 0.1) is 17.6 Å². The predicted molar refractivity (Wildman–Crippen MR) is 56.7 cm³/mol. The zero-order valence-electron chi connectivity index (χ0n) is 8.16. The van der Waals surface area contributed by atoms with Gasteiger partial charge in [0.05, 0.1) is 0 Å². The second kappa shape index (κ2) is 4.34. The monoisotopic (exact) mass is 191 g/mol. The summed E-state index contributed by atoms with van der Waals surface area (Å²) in [6, 6.07) is 6.31. The Morgan fingerprint density at radius 2 is 2.08 bits per heavy atom. The molecule has 0 aliphatic heterocycles. The van der Waals surface area contributed by atoms with Crippen LogP contribution in [0.3, 0.4) is 0 Å². The van der Waals surface area contributed by atoms with Gasteiger partial charge in [0.15, 0.2) is 0 Å². The van der Waals surface area contributed by atoms with E-state index >= 15 is 0 Å². The van der Waals surface area contributed by atoms with Crippen LogP contribution >= 0.6 is 11.8 Å². The van der Waals surface area contributed by atoms with Gasteiger partial charge in [0.2, 0.25) is 0 Å². The lowest BCUT2D eigenvalue weighted by Crippen LogP contribution is -1.88. The lowest BCUT2D eigenvalue weighted by atomic mass is 10.0. The number of hydrogen-bond donors (Lipinski definition) is 0. The van der Waals surface area contributed by atoms with E-state index in [2.05, 4.69) is 37.4 Å². The van der Waals surface area contributed by atoms with Gasteiger partial charge in [-0.15, -0.1) is 0 Å². The molecule has 0 saturated heterocycles. The highest BCUT2D eigenvalue weighted by atomic mass is 32.2. The van der Waals surface area contributed by atoms with E-state index in [1.807, 2.05) is 6.92 Å². The van der Waals surface area contributed by atoms with Crippen molar-refractivity contribution in [3.05, 3.63) is 29.3 Å². The quantitative estimate of drug-likeness (QED) is 0.526. The Morgan fingerprint density at radius 1 is 1.38 bits per heavy atom. The van der Waals surface area contributed by atoms with Crippen LogP contribution in [0.15, 0.2) is 23.1 Å². The number of thiocyanates is 1. The smallest absolute Gasteiger partial charge is 0.138 e. The van der Waals surface area contributed by atoms with Crippen LogP contribution in [0.2, 0.25) is 0 Å². The summed E-state index contributed by atoms with van der Waals surface area (Å²) in [5.41, 5.74) is 2.47. The van der Waals surface area contributed by atoms with Crippen molar-refractivity contribution in [1.29, 1.82) is 5.26 Å². The van der Waals surface area contributed by atoms with Gasteiger partial charge >= 0.3 is 0 Å². The molecule has 0 atom stereocenters. The Hall–Kier alpha value is -0.940. The fraction of sp³-hybridized carbons (Fsp3) is 0.364. The number of thioether (sulfide) groups is 1. The number of hydrogen-bond acceptors (Lipinski definition) is 2. The van der Waals surface area contributed by atoms with E-state index in [1.165, 1.54) is 22.9 Å². The first-order valence-corrected chi connectivity index (χ1v) is 5.13. The first kappa shape index (κ1) is 10.1. The molecule has 0 heterocycles. The molecular weight excluding hydrogens is 178 g/mol. The summed E-state index contributed by atoms with van der Waals surface area (Å²) in [4.78, 5) is 1.08. The first-order valence-electron chi connectivity index (χ1n) is 4.31. The largest absolute Gasteiger partial charge is 0.185 e. The molecule has 0 amide bonds. The molecule has 68 valence electrons. The summed E-state index contributed by atoms with van der Waals surface area (Å²) >= 11 is 1.24. The molecule has 1 rings (SSSR count). The molecule has 0 spiro atoms. The molecule has 1 nitrogen and oxygen atoms in total. The van der Waals surface area contributed by atoms with Crippen molar-refractivity contribution in [2.24, 2.45) is 0 Å². The summed E-state index contributed by atoms with van der Waals surface area (Å²) in [5.74, 6) is 0.527. The van der Waals surface area contributed by atoms with Crippen LogP contribution < -0.4 is 0 Å². The van der Waals surface area contributed by atoms with Gasteiger partial charge in [0.1, 0.15) is 5.40 Å². The zero-order valence-corrected chi connectivity index (χ0v) is 8.98. The van der Waals surface area contributed by atoms with Crippen LogP contribution in [0.1, 0.15) is 30.9 Å². The summed E-state index contributed by atoms with van der Waals surface area (Å²) in [7, 11) is 0. The van der Waals surface area contributed by atoms with Crippen LogP contribution in [-0.2, 0) is 0 Å². The molecule has 0 bridgehead atoms. The maximum absolute atomic E-state index is 8.59. The molecule has 0 aliphatic rings. The number of benzene rings is 1. The van der Waals surface area contributed by atoms with E-state index in [1.54, 1.807) is 0 Å². The third kappa shape index (κ3) is 2.50. The van der Waals surface area contributed by atoms with Crippen LogP contribution in [0.4, 0.5) is 0 Å². The number of aryl methyl sites for hydroxylation is 1. The molecule has 1 aromatic carbocycles. The molecule has 0 N–H and O–H groups in total. The minimum atomic E-state index is 0.527. The Balaban J connectivity index is 3.05. The normalized spacial score (nSPS) is 10.1. The Labute approximate surface area is 83.8 Å². The third-order valence-corrected chi connectivity index (χ3v) is 2.79. The van der Waals surface area contributed by atoms with Crippen molar-refractivity contribution in [2.75, 3.05) is 0 Å². The van der Waals surface area contributed by atoms with Gasteiger partial charge in [-0.25, -0.2) is 0 Å². The summed E-state index contributed by atoms with van der Waals surface area (Å²) < 4.78 is 0. The highest BCUT2D eigenvalue weighted by Crippen LogP contribution is 2.25. The van der Waals surface area contributed by atoms with Crippen LogP contribution in [0.5, 0.6) is 0 Å². The highest BCUT2D eigenvalue weighted by molar-refractivity contribution is 8.03. The topological polar surface area (TPSA) is 23.8 Å². The molecule has 0 unspecified atom stereocenters. The van der Waals surface area contributed by atoms with Gasteiger partial charge in [-0.05, 0) is 41.8 Å². The minimum absolute atomic E-state index is 0.527. The second-order valence-corrected chi connectivity index (χ2v) is 4.20. The lowest BCUT2D eigenvalue weighted by molar-refractivity contribution is 0.861. The standard InChI is InChI=1S/C11H13NS/c1-8(2)10-5-4-9(3)11(6-10)13-7-12/h4-6,8H,1-3H3. The van der Waals surface area contributed by atoms with E-state index in [4.69, 9.17) is 5.26 Å². The van der Waals surface area contributed by atoms with Gasteiger partial charge in [0, 0.05) is 4.90 Å². The number of rotatable bonds is 2. The Morgan fingerprint density at radius 3 is 2.62 bits per heavy atom. The van der Waals surface area contributed by atoms with E-state index < -0.39 is 0 Å². The van der Waals surface area contributed by atoms with Crippen LogP contribution in [-0.4, -0.2) is 0 Å². The third-order valence-electron chi connectivity index (χ3n) is 2.03. The maximum Gasteiger partial charge on any atom is 0.138 e. The molecule has 0 fully saturated rings. The number of nitriles is 1. The maximum atomic E-state index is 8.59. The molecule has 1 aromatic rings. The van der Waals surface area contributed by atoms with Crippen LogP contribution in [0.25, 0.3) is 0 Å². The molecule has 0 aliphatic carbocycles. The SMILES string of the molecule is Cc1ccc(C(C)C)cc1SC#N. The van der Waals surface area contributed by atoms with E-state index in [0.29, 0.717) is 5.92 Å². The Bertz CT molecular complexity index is 336. The highest BCUT2D eigenvalue weighted by Gasteiger charge is 2.03. The average Bonchev–Trinajstić information content (AvgIpc) is 2.08. The van der Waals surface area contributed by atoms with Crippen molar-refractivity contribution in [3.8, 4) is 5.40 Å². The van der Waals surface area contributed by atoms with Gasteiger partial charge in [0.25, 0.3) is 0 Å². The van der Waals surface area contributed by atoms with E-state index in [9.17, 15) is 0 Å². The number of nitrogens with zero attached hydrogens (tertiary/aromatic N) is 1. The lowest BCUT2D eigenvalue weighted by Gasteiger charge is -2.08. The molecule has 13 heavy (non-hydrogen) atoms. The van der Waals surface area contributed by atoms with E-state index in [0.717, 1.165) is 4.90 Å². The van der Waals surface area contributed by atoms with Crippen molar-refractivity contribution in [2.45, 2.75) is 31.6 Å². The Kier molecular flexibility index (Phi) is 3.39. The predicted octanol–water partition coefficient (Wildman–Crippen LogP) is 3.69. The van der Waals surface area contributed by atoms with Crippen molar-refractivity contribution in [3.63, 3.8) is 0 Å². The van der Waals surface area contributed by atoms with Crippen molar-refractivity contribution < 1.29 is 0 Å². The summed E-state index contributed by atoms with van der Waals surface area (Å²) in [6.07, 6.45) is 0. The summed E-state index contributed by atoms with van der Waals surface area (Å²) in [6.45, 7) is 6.35. The second-order valence-electron chi connectivity index (χ2n) is 3.37. The van der Waals surface area contributed by atoms with Gasteiger partial charge in [-0.3, -0.25) is 0 Å². The van der Waals surface area contributed by atoms with Gasteiger partial charge in [-0.1, -0.05) is 26.0 Å². The average molecular weight is 191 g/mol. The van der Waals surface area contributed by atoms with Crippen molar-refractivity contribution in [1.82, 2.24) is 0 Å². The first-order chi connectivity index (χ1) is 6.15. The molecule has 0 saturated carbocycles. The molecule has 0 aromatic heterocycles.